The molecule has 0 atom stereocenters. The highest BCUT2D eigenvalue weighted by Gasteiger charge is 2.22. The van der Waals surface area contributed by atoms with E-state index in [-0.39, 0.29) is 17.2 Å². The molecular weight excluding hydrogens is 380 g/mol. The maximum Gasteiger partial charge on any atom is 0.291 e. The zero-order valence-corrected chi connectivity index (χ0v) is 15.5. The number of primary amides is 1. The summed E-state index contributed by atoms with van der Waals surface area (Å²) in [5.41, 5.74) is 7.82. The first-order chi connectivity index (χ1) is 13.4. The fourth-order valence-corrected chi connectivity index (χ4v) is 3.03. The minimum atomic E-state index is -0.773. The third kappa shape index (κ3) is 3.25. The molecule has 0 bridgehead atoms. The van der Waals surface area contributed by atoms with Crippen LogP contribution >= 0.6 is 11.6 Å². The number of fused-ring (bicyclic) bond motifs is 1. The number of carbonyl (C=O) groups excluding carboxylic acids is 2. The average Bonchev–Trinajstić information content (AvgIpc) is 3.28. The Morgan fingerprint density at radius 1 is 1.00 bits per heavy atom. The standard InChI is InChI=1S/C21H15ClN2O4/c1-11-2-7-14-17(10-11)28-19(20(23)25)18(14)24-21(26)16-9-8-15(27-16)12-3-5-13(22)6-4-12/h2-10H,1H3,(H2,23,25)(H,24,26). The quantitative estimate of drug-likeness (QED) is 0.508. The first-order valence-electron chi connectivity index (χ1n) is 8.42. The molecular formula is C21H15ClN2O4. The Bertz CT molecular complexity index is 1210. The third-order valence-corrected chi connectivity index (χ3v) is 4.52. The topological polar surface area (TPSA) is 98.5 Å². The van der Waals surface area contributed by atoms with E-state index in [1.807, 2.05) is 13.0 Å². The lowest BCUT2D eigenvalue weighted by Crippen LogP contribution is -2.16. The Hall–Kier alpha value is -3.51. The normalized spacial score (nSPS) is 10.9. The summed E-state index contributed by atoms with van der Waals surface area (Å²) in [5, 5.41) is 3.86. The summed E-state index contributed by atoms with van der Waals surface area (Å²) in [6.07, 6.45) is 0. The van der Waals surface area contributed by atoms with Crippen molar-refractivity contribution >= 4 is 40.1 Å². The molecule has 0 unspecified atom stereocenters. The molecule has 7 heteroatoms. The van der Waals surface area contributed by atoms with E-state index in [1.165, 1.54) is 0 Å². The summed E-state index contributed by atoms with van der Waals surface area (Å²) < 4.78 is 11.2. The smallest absolute Gasteiger partial charge is 0.291 e. The van der Waals surface area contributed by atoms with Crippen molar-refractivity contribution in [2.45, 2.75) is 6.92 Å². The lowest BCUT2D eigenvalue weighted by molar-refractivity contribution is 0.0977. The van der Waals surface area contributed by atoms with E-state index in [1.54, 1.807) is 48.5 Å². The van der Waals surface area contributed by atoms with E-state index in [0.29, 0.717) is 21.8 Å². The predicted octanol–water partition coefficient (Wildman–Crippen LogP) is 5.01. The molecule has 0 aliphatic heterocycles. The Kier molecular flexibility index (Phi) is 4.41. The number of aryl methyl sites for hydroxylation is 1. The van der Waals surface area contributed by atoms with Crippen LogP contribution in [0.5, 0.6) is 0 Å². The molecule has 0 spiro atoms. The first kappa shape index (κ1) is 17.9. The van der Waals surface area contributed by atoms with Crippen molar-refractivity contribution in [3.8, 4) is 11.3 Å². The summed E-state index contributed by atoms with van der Waals surface area (Å²) >= 11 is 5.89. The lowest BCUT2D eigenvalue weighted by Gasteiger charge is -2.03. The van der Waals surface area contributed by atoms with Gasteiger partial charge in [-0.05, 0) is 61.0 Å². The summed E-state index contributed by atoms with van der Waals surface area (Å²) in [4.78, 5) is 24.4. The van der Waals surface area contributed by atoms with Crippen LogP contribution in [0.25, 0.3) is 22.3 Å². The number of amides is 2. The predicted molar refractivity (Wildman–Crippen MR) is 107 cm³/mol. The van der Waals surface area contributed by atoms with Gasteiger partial charge in [-0.25, -0.2) is 0 Å². The second-order valence-electron chi connectivity index (χ2n) is 6.29. The van der Waals surface area contributed by atoms with E-state index in [9.17, 15) is 9.59 Å². The van der Waals surface area contributed by atoms with E-state index >= 15 is 0 Å². The van der Waals surface area contributed by atoms with Crippen LogP contribution in [0.1, 0.15) is 26.7 Å². The summed E-state index contributed by atoms with van der Waals surface area (Å²) in [5.74, 6) is -0.804. The van der Waals surface area contributed by atoms with Crippen LogP contribution in [0.3, 0.4) is 0 Å². The molecule has 2 aromatic heterocycles. The second kappa shape index (κ2) is 6.90. The van der Waals surface area contributed by atoms with E-state index in [2.05, 4.69) is 5.32 Å². The van der Waals surface area contributed by atoms with Gasteiger partial charge >= 0.3 is 0 Å². The Balaban J connectivity index is 1.66. The Morgan fingerprint density at radius 3 is 2.46 bits per heavy atom. The van der Waals surface area contributed by atoms with Crippen molar-refractivity contribution in [2.24, 2.45) is 5.73 Å². The molecule has 140 valence electrons. The number of hydrogen-bond donors (Lipinski definition) is 2. The minimum Gasteiger partial charge on any atom is -0.451 e. The van der Waals surface area contributed by atoms with Gasteiger partial charge in [-0.3, -0.25) is 9.59 Å². The van der Waals surface area contributed by atoms with Gasteiger partial charge in [0.25, 0.3) is 11.8 Å². The molecule has 0 aliphatic rings. The number of halogens is 1. The molecule has 2 heterocycles. The summed E-state index contributed by atoms with van der Waals surface area (Å²) in [7, 11) is 0. The minimum absolute atomic E-state index is 0.0850. The maximum absolute atomic E-state index is 12.7. The van der Waals surface area contributed by atoms with Crippen molar-refractivity contribution in [3.63, 3.8) is 0 Å². The number of nitrogens with one attached hydrogen (secondary N) is 1. The number of rotatable bonds is 4. The van der Waals surface area contributed by atoms with Crippen molar-refractivity contribution in [1.29, 1.82) is 0 Å². The molecule has 4 aromatic rings. The fraction of sp³-hybridized carbons (Fsp3) is 0.0476. The van der Waals surface area contributed by atoms with Gasteiger partial charge < -0.3 is 19.9 Å². The molecule has 0 aliphatic carbocycles. The molecule has 2 amide bonds. The largest absolute Gasteiger partial charge is 0.451 e. The monoisotopic (exact) mass is 394 g/mol. The highest BCUT2D eigenvalue weighted by molar-refractivity contribution is 6.30. The first-order valence-corrected chi connectivity index (χ1v) is 8.80. The third-order valence-electron chi connectivity index (χ3n) is 4.27. The average molecular weight is 395 g/mol. The van der Waals surface area contributed by atoms with Crippen LogP contribution in [0, 0.1) is 6.92 Å². The van der Waals surface area contributed by atoms with Gasteiger partial charge in [0.2, 0.25) is 5.76 Å². The molecule has 0 fully saturated rings. The van der Waals surface area contributed by atoms with E-state index in [0.717, 1.165) is 11.1 Å². The highest BCUT2D eigenvalue weighted by Crippen LogP contribution is 2.32. The van der Waals surface area contributed by atoms with Crippen molar-refractivity contribution in [2.75, 3.05) is 5.32 Å². The maximum atomic E-state index is 12.7. The van der Waals surface area contributed by atoms with E-state index < -0.39 is 11.8 Å². The number of anilines is 1. The molecule has 4 rings (SSSR count). The van der Waals surface area contributed by atoms with Crippen LogP contribution in [0.2, 0.25) is 5.02 Å². The summed E-state index contributed by atoms with van der Waals surface area (Å²) in [6, 6.07) is 15.7. The number of nitrogens with two attached hydrogens (primary N) is 1. The van der Waals surface area contributed by atoms with Crippen LogP contribution in [0.15, 0.2) is 63.4 Å². The fourth-order valence-electron chi connectivity index (χ4n) is 2.91. The molecule has 3 N–H and O–H groups in total. The van der Waals surface area contributed by atoms with Crippen molar-refractivity contribution in [1.82, 2.24) is 0 Å². The van der Waals surface area contributed by atoms with Crippen LogP contribution in [-0.4, -0.2) is 11.8 Å². The highest BCUT2D eigenvalue weighted by atomic mass is 35.5. The molecule has 6 nitrogen and oxygen atoms in total. The Labute approximate surface area is 164 Å². The number of carbonyl (C=O) groups is 2. The van der Waals surface area contributed by atoms with Crippen molar-refractivity contribution < 1.29 is 18.4 Å². The number of benzene rings is 2. The van der Waals surface area contributed by atoms with Gasteiger partial charge in [-0.15, -0.1) is 0 Å². The van der Waals surface area contributed by atoms with Gasteiger partial charge in [0.15, 0.2) is 5.76 Å². The van der Waals surface area contributed by atoms with Gasteiger partial charge in [-0.2, -0.15) is 0 Å². The van der Waals surface area contributed by atoms with Gasteiger partial charge in [0, 0.05) is 16.0 Å². The zero-order valence-electron chi connectivity index (χ0n) is 14.8. The molecule has 2 aromatic carbocycles. The SMILES string of the molecule is Cc1ccc2c(NC(=O)c3ccc(-c4ccc(Cl)cc4)o3)c(C(N)=O)oc2c1. The molecule has 0 saturated carbocycles. The Morgan fingerprint density at radius 2 is 1.75 bits per heavy atom. The van der Waals surface area contributed by atoms with E-state index in [4.69, 9.17) is 26.2 Å². The molecule has 0 saturated heterocycles. The van der Waals surface area contributed by atoms with Crippen LogP contribution < -0.4 is 11.1 Å². The van der Waals surface area contributed by atoms with Gasteiger partial charge in [0.05, 0.1) is 0 Å². The molecule has 28 heavy (non-hydrogen) atoms. The molecule has 0 radical (unpaired) electrons. The van der Waals surface area contributed by atoms with Crippen molar-refractivity contribution in [3.05, 3.63) is 76.7 Å². The number of furan rings is 2. The van der Waals surface area contributed by atoms with Crippen LogP contribution in [-0.2, 0) is 0 Å². The van der Waals surface area contributed by atoms with Gasteiger partial charge in [0.1, 0.15) is 17.0 Å². The van der Waals surface area contributed by atoms with Gasteiger partial charge in [-0.1, -0.05) is 17.7 Å². The lowest BCUT2D eigenvalue weighted by atomic mass is 10.1. The van der Waals surface area contributed by atoms with Crippen LogP contribution in [0.4, 0.5) is 5.69 Å². The summed E-state index contributed by atoms with van der Waals surface area (Å²) in [6.45, 7) is 1.89. The number of hydrogen-bond acceptors (Lipinski definition) is 4. The zero-order chi connectivity index (χ0) is 19.8. The second-order valence-corrected chi connectivity index (χ2v) is 6.73.